The van der Waals surface area contributed by atoms with Gasteiger partial charge in [0.1, 0.15) is 0 Å². The maximum absolute atomic E-state index is 12.5. The number of benzene rings is 1. The first-order valence-corrected chi connectivity index (χ1v) is 8.29. The minimum atomic E-state index is -0.168. The van der Waals surface area contributed by atoms with E-state index in [0.29, 0.717) is 16.6 Å². The van der Waals surface area contributed by atoms with E-state index in [1.807, 2.05) is 26.1 Å². The van der Waals surface area contributed by atoms with Gasteiger partial charge in [-0.3, -0.25) is 9.69 Å². The molecule has 0 fully saturated rings. The van der Waals surface area contributed by atoms with Crippen LogP contribution in [0.4, 0.5) is 0 Å². The smallest absolute Gasteiger partial charge is 0.179 e. The van der Waals surface area contributed by atoms with Crippen molar-refractivity contribution in [2.45, 2.75) is 32.4 Å². The molecule has 112 valence electrons. The Balaban J connectivity index is 2.04. The minimum Gasteiger partial charge on any atom is -0.294 e. The summed E-state index contributed by atoms with van der Waals surface area (Å²) in [6.45, 7) is 4.11. The van der Waals surface area contributed by atoms with Gasteiger partial charge in [-0.15, -0.1) is 11.3 Å². The Labute approximate surface area is 135 Å². The largest absolute Gasteiger partial charge is 0.294 e. The van der Waals surface area contributed by atoms with Gasteiger partial charge in [0.15, 0.2) is 5.78 Å². The van der Waals surface area contributed by atoms with Crippen molar-refractivity contribution in [3.8, 4) is 0 Å². The molecule has 0 saturated heterocycles. The monoisotopic (exact) mass is 321 g/mol. The van der Waals surface area contributed by atoms with Crippen LogP contribution >= 0.6 is 22.9 Å². The van der Waals surface area contributed by atoms with E-state index in [2.05, 4.69) is 29.3 Å². The second-order valence-electron chi connectivity index (χ2n) is 5.35. The molecule has 0 bridgehead atoms. The zero-order valence-corrected chi connectivity index (χ0v) is 14.1. The summed E-state index contributed by atoms with van der Waals surface area (Å²) >= 11 is 7.72. The first-order chi connectivity index (χ1) is 9.99. The number of nitrogens with zero attached hydrogens (tertiary/aromatic N) is 1. The predicted octanol–water partition coefficient (Wildman–Crippen LogP) is 4.54. The maximum atomic E-state index is 12.5. The summed E-state index contributed by atoms with van der Waals surface area (Å²) in [5, 5.41) is 2.69. The molecular formula is C17H20ClNOS. The molecule has 2 atom stereocenters. The lowest BCUT2D eigenvalue weighted by atomic mass is 10.0. The molecule has 4 heteroatoms. The number of ketones is 1. The molecule has 1 aromatic carbocycles. The van der Waals surface area contributed by atoms with Crippen LogP contribution in [-0.2, 0) is 6.42 Å². The van der Waals surface area contributed by atoms with Crippen LogP contribution in [0.25, 0.3) is 0 Å². The van der Waals surface area contributed by atoms with Crippen molar-refractivity contribution in [2.24, 2.45) is 0 Å². The predicted molar refractivity (Wildman–Crippen MR) is 90.5 cm³/mol. The van der Waals surface area contributed by atoms with Crippen molar-refractivity contribution in [3.63, 3.8) is 0 Å². The highest BCUT2D eigenvalue weighted by atomic mass is 35.5. The van der Waals surface area contributed by atoms with Gasteiger partial charge in [-0.05, 0) is 50.9 Å². The first kappa shape index (κ1) is 16.2. The Hall–Kier alpha value is -1.16. The van der Waals surface area contributed by atoms with Crippen LogP contribution < -0.4 is 0 Å². The fraction of sp³-hybridized carbons (Fsp3) is 0.353. The van der Waals surface area contributed by atoms with Crippen LogP contribution in [0.1, 0.15) is 29.1 Å². The number of Topliss-reactive ketones (excluding diaryl/α,β-unsaturated/α-hetero) is 1. The number of halogens is 1. The van der Waals surface area contributed by atoms with Gasteiger partial charge in [0, 0.05) is 21.5 Å². The summed E-state index contributed by atoms with van der Waals surface area (Å²) < 4.78 is 0. The summed E-state index contributed by atoms with van der Waals surface area (Å²) in [6.07, 6.45) is 0.960. The summed E-state index contributed by atoms with van der Waals surface area (Å²) in [5.41, 5.74) is 0.671. The van der Waals surface area contributed by atoms with Gasteiger partial charge in [0.05, 0.1) is 6.04 Å². The molecule has 1 heterocycles. The van der Waals surface area contributed by atoms with Crippen LogP contribution in [0.15, 0.2) is 41.8 Å². The molecule has 0 saturated carbocycles. The highest BCUT2D eigenvalue weighted by Gasteiger charge is 2.23. The third-order valence-electron chi connectivity index (χ3n) is 3.87. The third-order valence-corrected chi connectivity index (χ3v) is 5.01. The normalized spacial score (nSPS) is 14.1. The Morgan fingerprint density at radius 3 is 2.67 bits per heavy atom. The van der Waals surface area contributed by atoms with Crippen LogP contribution in [0.3, 0.4) is 0 Å². The standard InChI is InChI=1S/C17H20ClNOS/c1-12(10-16-8-5-9-21-16)19(3)13(2)17(20)14-6-4-7-15(18)11-14/h4-9,11-13H,10H2,1-3H3. The van der Waals surface area contributed by atoms with E-state index in [-0.39, 0.29) is 11.8 Å². The maximum Gasteiger partial charge on any atom is 0.179 e. The molecule has 0 aliphatic rings. The van der Waals surface area contributed by atoms with E-state index in [0.717, 1.165) is 6.42 Å². The molecular weight excluding hydrogens is 302 g/mol. The Morgan fingerprint density at radius 2 is 2.05 bits per heavy atom. The number of hydrogen-bond acceptors (Lipinski definition) is 3. The van der Waals surface area contributed by atoms with Gasteiger partial charge in [-0.1, -0.05) is 29.8 Å². The van der Waals surface area contributed by atoms with E-state index >= 15 is 0 Å². The molecule has 21 heavy (non-hydrogen) atoms. The zero-order valence-electron chi connectivity index (χ0n) is 12.5. The van der Waals surface area contributed by atoms with Crippen molar-refractivity contribution in [1.29, 1.82) is 0 Å². The molecule has 0 aliphatic heterocycles. The Kier molecular flexibility index (Phi) is 5.57. The number of thiophene rings is 1. The fourth-order valence-corrected chi connectivity index (χ4v) is 3.33. The second kappa shape index (κ2) is 7.21. The van der Waals surface area contributed by atoms with Crippen LogP contribution in [0.5, 0.6) is 0 Å². The second-order valence-corrected chi connectivity index (χ2v) is 6.82. The van der Waals surface area contributed by atoms with Gasteiger partial charge < -0.3 is 0 Å². The average molecular weight is 322 g/mol. The summed E-state index contributed by atoms with van der Waals surface area (Å²) in [7, 11) is 2.01. The lowest BCUT2D eigenvalue weighted by molar-refractivity contribution is 0.0826. The molecule has 2 nitrogen and oxygen atoms in total. The highest BCUT2D eigenvalue weighted by Crippen LogP contribution is 2.18. The van der Waals surface area contributed by atoms with E-state index < -0.39 is 0 Å². The van der Waals surface area contributed by atoms with Crippen molar-refractivity contribution in [2.75, 3.05) is 7.05 Å². The van der Waals surface area contributed by atoms with Crippen molar-refractivity contribution in [3.05, 3.63) is 57.2 Å². The Bertz CT molecular complexity index is 597. The third kappa shape index (κ3) is 4.16. The van der Waals surface area contributed by atoms with Gasteiger partial charge in [0.25, 0.3) is 0 Å². The van der Waals surface area contributed by atoms with Crippen molar-refractivity contribution in [1.82, 2.24) is 4.90 Å². The number of carbonyl (C=O) groups is 1. The van der Waals surface area contributed by atoms with E-state index in [1.54, 1.807) is 23.5 Å². The van der Waals surface area contributed by atoms with Crippen LogP contribution in [-0.4, -0.2) is 29.8 Å². The molecule has 0 radical (unpaired) electrons. The van der Waals surface area contributed by atoms with Crippen LogP contribution in [0, 0.1) is 0 Å². The van der Waals surface area contributed by atoms with Gasteiger partial charge >= 0.3 is 0 Å². The SMILES string of the molecule is CC(Cc1cccs1)N(C)C(C)C(=O)c1cccc(Cl)c1. The van der Waals surface area contributed by atoms with E-state index in [1.165, 1.54) is 4.88 Å². The van der Waals surface area contributed by atoms with Crippen molar-refractivity contribution < 1.29 is 4.79 Å². The average Bonchev–Trinajstić information content (AvgIpc) is 2.97. The van der Waals surface area contributed by atoms with E-state index in [9.17, 15) is 4.79 Å². The number of carbonyl (C=O) groups excluding carboxylic acids is 1. The lowest BCUT2D eigenvalue weighted by Gasteiger charge is -2.29. The first-order valence-electron chi connectivity index (χ1n) is 7.03. The van der Waals surface area contributed by atoms with Gasteiger partial charge in [0.2, 0.25) is 0 Å². The highest BCUT2D eigenvalue weighted by molar-refractivity contribution is 7.09. The van der Waals surface area contributed by atoms with Crippen LogP contribution in [0.2, 0.25) is 5.02 Å². The minimum absolute atomic E-state index is 0.109. The quantitative estimate of drug-likeness (QED) is 0.728. The molecule has 1 aromatic heterocycles. The number of rotatable bonds is 6. The molecule has 0 spiro atoms. The topological polar surface area (TPSA) is 20.3 Å². The molecule has 2 aromatic rings. The molecule has 2 rings (SSSR count). The summed E-state index contributed by atoms with van der Waals surface area (Å²) in [6, 6.07) is 11.5. The van der Waals surface area contributed by atoms with Crippen molar-refractivity contribution >= 4 is 28.7 Å². The number of hydrogen-bond donors (Lipinski definition) is 0. The summed E-state index contributed by atoms with van der Waals surface area (Å²) in [4.78, 5) is 16.0. The molecule has 0 aliphatic carbocycles. The van der Waals surface area contributed by atoms with E-state index in [4.69, 9.17) is 11.6 Å². The fourth-order valence-electron chi connectivity index (χ4n) is 2.31. The molecule has 2 unspecified atom stereocenters. The van der Waals surface area contributed by atoms with Gasteiger partial charge in [-0.25, -0.2) is 0 Å². The molecule has 0 N–H and O–H groups in total. The molecule has 0 amide bonds. The zero-order chi connectivity index (χ0) is 15.4. The number of likely N-dealkylation sites (N-methyl/N-ethyl adjacent to an activating group) is 1. The summed E-state index contributed by atoms with van der Waals surface area (Å²) in [5.74, 6) is 0.109. The lowest BCUT2D eigenvalue weighted by Crippen LogP contribution is -2.42. The van der Waals surface area contributed by atoms with Gasteiger partial charge in [-0.2, -0.15) is 0 Å². The Morgan fingerprint density at radius 1 is 1.29 bits per heavy atom.